The van der Waals surface area contributed by atoms with Crippen LogP contribution in [0.4, 0.5) is 0 Å². The first kappa shape index (κ1) is 56.8. The van der Waals surface area contributed by atoms with Crippen molar-refractivity contribution in [3.05, 3.63) is 384 Å². The number of rotatable bonds is 4. The van der Waals surface area contributed by atoms with Gasteiger partial charge in [0.1, 0.15) is 0 Å². The van der Waals surface area contributed by atoms with Crippen LogP contribution >= 0.6 is 34.9 Å². The first-order valence-electron chi connectivity index (χ1n) is 35.6. The Hall–Kier alpha value is -12.0. The van der Waals surface area contributed by atoms with Gasteiger partial charge in [-0.05, 0) is 188 Å². The summed E-state index contributed by atoms with van der Waals surface area (Å²) in [6, 6.07) is 130. The van der Waals surface area contributed by atoms with Gasteiger partial charge in [-0.1, -0.05) is 297 Å². The summed E-state index contributed by atoms with van der Waals surface area (Å²) in [7, 11) is 0. The van der Waals surface area contributed by atoms with Gasteiger partial charge in [0.25, 0.3) is 0 Å². The van der Waals surface area contributed by atoms with Crippen molar-refractivity contribution in [1.29, 1.82) is 0 Å². The summed E-state index contributed by atoms with van der Waals surface area (Å²) in [5.41, 5.74) is 26.9. The largest absolute Gasteiger partial charge is 0.308 e. The Labute approximate surface area is 606 Å². The van der Waals surface area contributed by atoms with E-state index >= 15 is 0 Å². The third kappa shape index (κ3) is 7.40. The molecule has 0 saturated heterocycles. The molecule has 2 aliphatic heterocycles. The molecule has 0 amide bonds. The summed E-state index contributed by atoms with van der Waals surface area (Å²) in [6.07, 6.45) is 0. The van der Waals surface area contributed by atoms with E-state index in [4.69, 9.17) is 0 Å². The predicted octanol–water partition coefficient (Wildman–Crippen LogP) is 26.7. The first-order chi connectivity index (χ1) is 51.1. The Kier molecular flexibility index (Phi) is 11.5. The van der Waals surface area contributed by atoms with E-state index in [1.807, 2.05) is 34.9 Å². The SMILES string of the molecule is c1ccc2c(c1)Sc1c(ccc3c4c5ccccc5ccc4n(-c4ccc(-c5ccc6cc(-c7cccc8c7-c7ccccc7C87c8ccccc8Sc8c7ccc7c9c%10ccccc%10ccc9n(-c9ccc%10c(c9)sc9ccccc9%10)c87)ccc6c5)cc4)c13)C21c2ccccc2-c2ccccc21. The van der Waals surface area contributed by atoms with Crippen LogP contribution in [0.25, 0.3) is 152 Å². The molecule has 5 heteroatoms. The molecule has 1 atom stereocenters. The average Bonchev–Trinajstić information content (AvgIpc) is 1.54. The number of nitrogens with zero attached hydrogens (tertiary/aromatic N) is 2. The third-order valence-corrected chi connectivity index (χ3v) is 27.1. The average molecular weight is 1360 g/mol. The minimum Gasteiger partial charge on any atom is -0.308 e. The molecule has 2 spiro atoms. The van der Waals surface area contributed by atoms with Crippen molar-refractivity contribution in [2.24, 2.45) is 0 Å². The Morgan fingerprint density at radius 2 is 0.680 bits per heavy atom. The highest BCUT2D eigenvalue weighted by Crippen LogP contribution is 2.67. The van der Waals surface area contributed by atoms with Crippen LogP contribution in [0.3, 0.4) is 0 Å². The lowest BCUT2D eigenvalue weighted by Crippen LogP contribution is -2.32. The Balaban J connectivity index is 0.646. The maximum Gasteiger partial charge on any atom is 0.0736 e. The second kappa shape index (κ2) is 20.8. The fourth-order valence-electron chi connectivity index (χ4n) is 19.5. The number of benzene rings is 17. The lowest BCUT2D eigenvalue weighted by Gasteiger charge is -2.40. The van der Waals surface area contributed by atoms with Crippen molar-refractivity contribution in [3.8, 4) is 55.9 Å². The third-order valence-electron chi connectivity index (χ3n) is 23.6. The van der Waals surface area contributed by atoms with Crippen LogP contribution < -0.4 is 0 Å². The summed E-state index contributed by atoms with van der Waals surface area (Å²) >= 11 is 5.76. The van der Waals surface area contributed by atoms with Crippen molar-refractivity contribution in [2.45, 2.75) is 30.4 Å². The Bertz CT molecular complexity index is 7160. The molecule has 0 radical (unpaired) electrons. The highest BCUT2D eigenvalue weighted by molar-refractivity contribution is 8.00. The molecule has 103 heavy (non-hydrogen) atoms. The molecular formula is C98H56N2S3. The van der Waals surface area contributed by atoms with Gasteiger partial charge in [-0.25, -0.2) is 0 Å². The molecule has 20 aromatic rings. The van der Waals surface area contributed by atoms with Crippen molar-refractivity contribution in [2.75, 3.05) is 0 Å². The molecule has 17 aromatic carbocycles. The van der Waals surface area contributed by atoms with E-state index in [0.717, 1.165) is 5.69 Å². The summed E-state index contributed by atoms with van der Waals surface area (Å²) in [6.45, 7) is 0. The van der Waals surface area contributed by atoms with Crippen molar-refractivity contribution in [1.82, 2.24) is 9.13 Å². The zero-order chi connectivity index (χ0) is 67.0. The van der Waals surface area contributed by atoms with Gasteiger partial charge in [0.05, 0.1) is 32.9 Å². The number of aromatic nitrogens is 2. The van der Waals surface area contributed by atoms with Gasteiger partial charge in [-0.2, -0.15) is 0 Å². The van der Waals surface area contributed by atoms with E-state index in [1.165, 1.54) is 210 Å². The predicted molar refractivity (Wildman–Crippen MR) is 434 cm³/mol. The maximum atomic E-state index is 2.60. The van der Waals surface area contributed by atoms with Gasteiger partial charge in [-0.15, -0.1) is 11.3 Å². The molecular weight excluding hydrogens is 1300 g/mol. The van der Waals surface area contributed by atoms with E-state index in [2.05, 4.69) is 349 Å². The lowest BCUT2D eigenvalue weighted by atomic mass is 9.67. The van der Waals surface area contributed by atoms with Crippen LogP contribution in [-0.4, -0.2) is 9.13 Å². The van der Waals surface area contributed by atoms with E-state index < -0.39 is 10.8 Å². The van der Waals surface area contributed by atoms with Crippen LogP contribution in [0, 0.1) is 0 Å². The molecule has 0 N–H and O–H groups in total. The molecule has 3 aromatic heterocycles. The number of hydrogen-bond acceptors (Lipinski definition) is 3. The van der Waals surface area contributed by atoms with Gasteiger partial charge in [0, 0.05) is 72.7 Å². The topological polar surface area (TPSA) is 9.86 Å². The second-order valence-electron chi connectivity index (χ2n) is 28.4. The summed E-state index contributed by atoms with van der Waals surface area (Å²) in [5.74, 6) is 0. The van der Waals surface area contributed by atoms with Gasteiger partial charge < -0.3 is 9.13 Å². The van der Waals surface area contributed by atoms with Crippen LogP contribution in [-0.2, 0) is 10.8 Å². The molecule has 24 rings (SSSR count). The van der Waals surface area contributed by atoms with Gasteiger partial charge in [-0.3, -0.25) is 0 Å². The molecule has 0 bridgehead atoms. The molecule has 476 valence electrons. The van der Waals surface area contributed by atoms with E-state index in [0.29, 0.717) is 0 Å². The highest BCUT2D eigenvalue weighted by Gasteiger charge is 2.53. The molecule has 2 nitrogen and oxygen atoms in total. The zero-order valence-electron chi connectivity index (χ0n) is 55.5. The molecule has 2 aliphatic carbocycles. The van der Waals surface area contributed by atoms with Crippen LogP contribution in [0.5, 0.6) is 0 Å². The zero-order valence-corrected chi connectivity index (χ0v) is 57.9. The smallest absolute Gasteiger partial charge is 0.0736 e. The van der Waals surface area contributed by atoms with E-state index in [9.17, 15) is 0 Å². The van der Waals surface area contributed by atoms with E-state index in [-0.39, 0.29) is 0 Å². The minimum absolute atomic E-state index is 0.486. The molecule has 1 unspecified atom stereocenters. The first-order valence-corrected chi connectivity index (χ1v) is 38.1. The van der Waals surface area contributed by atoms with Crippen molar-refractivity contribution < 1.29 is 0 Å². The van der Waals surface area contributed by atoms with Gasteiger partial charge >= 0.3 is 0 Å². The standard InChI is InChI=1S/C98H56N2S3/c1-3-20-66-58(18-1)42-52-84-91(66)74-48-50-82-95(102-87-34-15-12-30-79(87)97(82)76-27-9-5-22-69(76)70-23-6-10-28-77(70)97)93(74)99(84)64-44-40-57(41-45-64)60-36-37-62-55-63(39-38-61(62)54-60)68-26-17-32-81-90(68)73-25-7-11-29-78(73)98(81)80-31-13-16-35-88(80)103-96-83(98)51-49-75-92-67-21-4-2-19-59(67)43-53-85(92)100(94(75)96)65-46-47-72-71-24-8-14-33-86(71)101-89(72)56-65/h1-56H. The fraction of sp³-hybridized carbons (Fsp3) is 0.0204. The quantitative estimate of drug-likeness (QED) is 0.174. The molecule has 0 saturated carbocycles. The number of thiophene rings is 1. The maximum absolute atomic E-state index is 2.60. The molecule has 5 heterocycles. The molecule has 0 fully saturated rings. The normalized spacial score (nSPS) is 15.0. The second-order valence-corrected chi connectivity index (χ2v) is 31.6. The number of fused-ring (bicyclic) bond motifs is 34. The Morgan fingerprint density at radius 1 is 0.243 bits per heavy atom. The summed E-state index contributed by atoms with van der Waals surface area (Å²) in [5, 5.41) is 15.2. The summed E-state index contributed by atoms with van der Waals surface area (Å²) in [4.78, 5) is 5.19. The van der Waals surface area contributed by atoms with Crippen molar-refractivity contribution >= 4 is 131 Å². The van der Waals surface area contributed by atoms with Gasteiger partial charge in [0.15, 0.2) is 0 Å². The number of hydrogen-bond donors (Lipinski definition) is 0. The summed E-state index contributed by atoms with van der Waals surface area (Å²) < 4.78 is 7.79. The fourth-order valence-corrected chi connectivity index (χ4v) is 23.3. The highest BCUT2D eigenvalue weighted by atomic mass is 32.2. The van der Waals surface area contributed by atoms with Crippen molar-refractivity contribution in [3.63, 3.8) is 0 Å². The monoisotopic (exact) mass is 1360 g/mol. The van der Waals surface area contributed by atoms with Crippen LogP contribution in [0.2, 0.25) is 0 Å². The lowest BCUT2D eigenvalue weighted by molar-refractivity contribution is 0.724. The van der Waals surface area contributed by atoms with Crippen LogP contribution in [0.15, 0.2) is 359 Å². The van der Waals surface area contributed by atoms with Gasteiger partial charge in [0.2, 0.25) is 0 Å². The van der Waals surface area contributed by atoms with E-state index in [1.54, 1.807) is 0 Å². The Morgan fingerprint density at radius 3 is 1.31 bits per heavy atom. The molecule has 4 aliphatic rings. The van der Waals surface area contributed by atoms with Crippen LogP contribution in [0.1, 0.15) is 44.5 Å². The minimum atomic E-state index is -0.605.